The summed E-state index contributed by atoms with van der Waals surface area (Å²) in [6, 6.07) is 10.6. The first-order valence-electron chi connectivity index (χ1n) is 22.6. The quantitative estimate of drug-likeness (QED) is 0.0864. The number of fused-ring (bicyclic) bond motifs is 1. The second-order valence-corrected chi connectivity index (χ2v) is 18.7. The Bertz CT molecular complexity index is 2250. The van der Waals surface area contributed by atoms with Crippen LogP contribution in [-0.2, 0) is 31.9 Å². The van der Waals surface area contributed by atoms with Crippen molar-refractivity contribution in [3.05, 3.63) is 71.6 Å². The summed E-state index contributed by atoms with van der Waals surface area (Å²) < 4.78 is 9.71. The van der Waals surface area contributed by atoms with E-state index in [0.29, 0.717) is 23.5 Å². The number of nitrogens with zero attached hydrogens (tertiary/aromatic N) is 4. The van der Waals surface area contributed by atoms with Crippen molar-refractivity contribution in [3.8, 4) is 33.6 Å². The molecule has 1 fully saturated rings. The van der Waals surface area contributed by atoms with Gasteiger partial charge in [-0.15, -0.1) is 0 Å². The maximum Gasteiger partial charge on any atom is 0.407 e. The van der Waals surface area contributed by atoms with Crippen molar-refractivity contribution in [2.45, 2.75) is 132 Å². The summed E-state index contributed by atoms with van der Waals surface area (Å²) in [6.07, 6.45) is 5.47. The zero-order valence-corrected chi connectivity index (χ0v) is 39.3. The van der Waals surface area contributed by atoms with Gasteiger partial charge in [-0.1, -0.05) is 79.7 Å². The van der Waals surface area contributed by atoms with Crippen LogP contribution in [0.4, 0.5) is 9.59 Å². The van der Waals surface area contributed by atoms with Crippen molar-refractivity contribution in [1.29, 1.82) is 0 Å². The molecule has 0 bridgehead atoms. The lowest BCUT2D eigenvalue weighted by atomic mass is 9.93. The molecule has 2 heterocycles. The lowest BCUT2D eigenvalue weighted by Gasteiger charge is -2.39. The molecule has 1 saturated carbocycles. The van der Waals surface area contributed by atoms with Crippen LogP contribution >= 0.6 is 0 Å². The molecule has 2 aromatic heterocycles. The molecule has 14 nitrogen and oxygen atoms in total. The fourth-order valence-electron chi connectivity index (χ4n) is 9.13. The molecule has 6 rings (SSSR count). The molecule has 0 saturated heterocycles. The van der Waals surface area contributed by atoms with Crippen LogP contribution in [0.5, 0.6) is 0 Å². The second kappa shape index (κ2) is 19.4. The van der Waals surface area contributed by atoms with Crippen LogP contribution in [0.2, 0.25) is 0 Å². The lowest BCUT2D eigenvalue weighted by Crippen LogP contribution is -2.55. The van der Waals surface area contributed by atoms with Gasteiger partial charge in [-0.05, 0) is 110 Å². The highest BCUT2D eigenvalue weighted by molar-refractivity contribution is 5.87. The molecule has 8 atom stereocenters. The molecule has 63 heavy (non-hydrogen) atoms. The second-order valence-electron chi connectivity index (χ2n) is 18.7. The van der Waals surface area contributed by atoms with Crippen molar-refractivity contribution in [1.82, 2.24) is 40.4 Å². The number of methoxy groups -OCH3 is 2. The number of benzene rings is 2. The minimum absolute atomic E-state index is 0.0297. The van der Waals surface area contributed by atoms with Gasteiger partial charge in [0.05, 0.1) is 50.1 Å². The molecule has 14 heteroatoms. The number of ether oxygens (including phenoxy) is 2. The van der Waals surface area contributed by atoms with Gasteiger partial charge < -0.3 is 39.9 Å². The molecular formula is C49H68N8O6. The lowest BCUT2D eigenvalue weighted by molar-refractivity contribution is -0.140. The van der Waals surface area contributed by atoms with Gasteiger partial charge in [0.1, 0.15) is 23.7 Å². The summed E-state index contributed by atoms with van der Waals surface area (Å²) in [4.78, 5) is 73.3. The highest BCUT2D eigenvalue weighted by Crippen LogP contribution is 2.46. The molecular weight excluding hydrogens is 797 g/mol. The molecule has 0 aliphatic heterocycles. The number of H-pyrrole nitrogens is 2. The van der Waals surface area contributed by atoms with E-state index in [0.717, 1.165) is 47.3 Å². The number of rotatable bonds is 16. The maximum atomic E-state index is 14.2. The molecule has 0 spiro atoms. The van der Waals surface area contributed by atoms with E-state index in [1.165, 1.54) is 30.9 Å². The van der Waals surface area contributed by atoms with Crippen molar-refractivity contribution in [2.75, 3.05) is 14.2 Å². The summed E-state index contributed by atoms with van der Waals surface area (Å²) >= 11 is 0. The number of hydrogen-bond donors (Lipinski definition) is 4. The number of aromatic amines is 2. The molecule has 4 amide bonds. The highest BCUT2D eigenvalue weighted by Gasteiger charge is 2.52. The minimum Gasteiger partial charge on any atom is -0.453 e. The van der Waals surface area contributed by atoms with Crippen molar-refractivity contribution in [3.63, 3.8) is 0 Å². The summed E-state index contributed by atoms with van der Waals surface area (Å²) in [5, 5.41) is 5.52. The first-order chi connectivity index (χ1) is 29.9. The van der Waals surface area contributed by atoms with E-state index in [4.69, 9.17) is 19.4 Å². The Morgan fingerprint density at radius 2 is 1.17 bits per heavy atom. The van der Waals surface area contributed by atoms with E-state index in [-0.39, 0.29) is 47.7 Å². The molecule has 4 N–H and O–H groups in total. The zero-order valence-electron chi connectivity index (χ0n) is 39.3. The molecule has 2 aliphatic rings. The van der Waals surface area contributed by atoms with Crippen LogP contribution in [0, 0.1) is 29.6 Å². The summed E-state index contributed by atoms with van der Waals surface area (Å²) in [5.41, 5.74) is 8.66. The zero-order chi connectivity index (χ0) is 46.0. The molecule has 4 aromatic rings. The van der Waals surface area contributed by atoms with Crippen molar-refractivity contribution >= 4 is 24.0 Å². The summed E-state index contributed by atoms with van der Waals surface area (Å²) in [6.45, 7) is 22.1. The van der Waals surface area contributed by atoms with Gasteiger partial charge in [-0.25, -0.2) is 19.6 Å². The highest BCUT2D eigenvalue weighted by atomic mass is 16.5. The average Bonchev–Trinajstić information content (AvgIpc) is 3.87. The van der Waals surface area contributed by atoms with Crippen molar-refractivity contribution in [2.24, 2.45) is 29.6 Å². The monoisotopic (exact) mass is 865 g/mol. The molecule has 340 valence electrons. The van der Waals surface area contributed by atoms with Gasteiger partial charge >= 0.3 is 12.2 Å². The van der Waals surface area contributed by atoms with Crippen LogP contribution in [0.25, 0.3) is 33.6 Å². The van der Waals surface area contributed by atoms with E-state index in [1.807, 2.05) is 70.7 Å². The molecule has 2 aliphatic carbocycles. The summed E-state index contributed by atoms with van der Waals surface area (Å²) in [5.74, 6) is 1.51. The van der Waals surface area contributed by atoms with Crippen LogP contribution in [0.1, 0.15) is 117 Å². The number of carbonyl (C=O) groups is 4. The Hall–Kier alpha value is -5.66. The Balaban J connectivity index is 1.25. The fraction of sp³-hybridized carbons (Fsp3) is 0.551. The normalized spacial score (nSPS) is 19.2. The van der Waals surface area contributed by atoms with E-state index in [1.54, 1.807) is 0 Å². The standard InChI is InChI=1S/C49H68N8O6/c1-25(2)30(9)56(46(58)41(26(3)4)54-48(60)62-12)31(10)44-51-24-40(53-44)36-21-35-15-14-16-37(35)38(22-36)33-17-19-34(20-18-33)39-23-50-45(52-39)32(11)57(43-28(7)29(43)8)47(59)42(27(5)6)55-49(61)63-13/h17-32,41-43H,14-16H2,1-13H3,(H,50,52)(H,51,53)(H,54,60)(H,55,61)/t28-,29+,30?,31-,32-,41-,42-,43?/m0/s1. The van der Waals surface area contributed by atoms with Gasteiger partial charge in [0, 0.05) is 17.6 Å². The number of carbonyl (C=O) groups excluding carboxylic acids is 4. The Morgan fingerprint density at radius 1 is 0.667 bits per heavy atom. The fourth-order valence-corrected chi connectivity index (χ4v) is 9.13. The van der Waals surface area contributed by atoms with Gasteiger partial charge in [-0.3, -0.25) is 9.59 Å². The Labute approximate surface area is 372 Å². The third-order valence-corrected chi connectivity index (χ3v) is 13.6. The van der Waals surface area contributed by atoms with Gasteiger partial charge in [-0.2, -0.15) is 0 Å². The number of imidazole rings is 2. The average molecular weight is 865 g/mol. The van der Waals surface area contributed by atoms with Gasteiger partial charge in [0.2, 0.25) is 11.8 Å². The van der Waals surface area contributed by atoms with E-state index in [9.17, 15) is 19.2 Å². The number of amides is 4. The first-order valence-corrected chi connectivity index (χ1v) is 22.6. The SMILES string of the molecule is COC(=O)N[C@H](C(=O)N(C(C)C(C)C)[C@@H](C)c1ncc(-c2cc3c(c(-c4ccc(-c5cnc([C@H](C)N(C(=O)[C@@H](NC(=O)OC)C(C)C)C6[C@@H](C)[C@H]6C)[nH]5)cc4)c2)CCC3)[nH]1)C(C)C. The Kier molecular flexibility index (Phi) is 14.4. The third-order valence-electron chi connectivity index (χ3n) is 13.6. The summed E-state index contributed by atoms with van der Waals surface area (Å²) in [7, 11) is 2.60. The minimum atomic E-state index is -0.762. The number of aryl methyl sites for hydroxylation is 1. The topological polar surface area (TPSA) is 175 Å². The van der Waals surface area contributed by atoms with Crippen LogP contribution in [0.3, 0.4) is 0 Å². The van der Waals surface area contributed by atoms with E-state index >= 15 is 0 Å². The molecule has 0 radical (unpaired) electrons. The van der Waals surface area contributed by atoms with Gasteiger partial charge in [0.25, 0.3) is 0 Å². The number of nitrogens with one attached hydrogen (secondary N) is 4. The maximum absolute atomic E-state index is 14.2. The van der Waals surface area contributed by atoms with E-state index < -0.39 is 30.3 Å². The third kappa shape index (κ3) is 9.79. The first kappa shape index (κ1) is 46.8. The predicted octanol–water partition coefficient (Wildman–Crippen LogP) is 8.86. The van der Waals surface area contributed by atoms with Crippen LogP contribution in [0.15, 0.2) is 48.8 Å². The number of alkyl carbamates (subject to hydrolysis) is 2. The smallest absolute Gasteiger partial charge is 0.407 e. The molecule has 2 unspecified atom stereocenters. The number of aromatic nitrogens is 4. The molecule has 2 aromatic carbocycles. The predicted molar refractivity (Wildman–Crippen MR) is 244 cm³/mol. The van der Waals surface area contributed by atoms with E-state index in [2.05, 4.69) is 84.7 Å². The largest absolute Gasteiger partial charge is 0.453 e. The number of hydrogen-bond acceptors (Lipinski definition) is 8. The Morgan fingerprint density at radius 3 is 1.68 bits per heavy atom. The van der Waals surface area contributed by atoms with Crippen LogP contribution < -0.4 is 10.6 Å². The van der Waals surface area contributed by atoms with Gasteiger partial charge in [0.15, 0.2) is 0 Å². The van der Waals surface area contributed by atoms with Crippen LogP contribution in [-0.4, -0.2) is 92.1 Å². The van der Waals surface area contributed by atoms with Crippen molar-refractivity contribution < 1.29 is 28.7 Å².